The van der Waals surface area contributed by atoms with Crippen LogP contribution in [0.4, 0.5) is 10.1 Å². The Hall–Kier alpha value is -1.89. The van der Waals surface area contributed by atoms with E-state index >= 15 is 0 Å². The predicted octanol–water partition coefficient (Wildman–Crippen LogP) is 1.66. The molecule has 1 aliphatic heterocycles. The Balaban J connectivity index is 2.22. The van der Waals surface area contributed by atoms with Gasteiger partial charge in [0.1, 0.15) is 11.1 Å². The lowest BCUT2D eigenvalue weighted by Gasteiger charge is -2.16. The maximum Gasteiger partial charge on any atom is 0.316 e. The third-order valence-corrected chi connectivity index (χ3v) is 4.22. The summed E-state index contributed by atoms with van der Waals surface area (Å²) in [7, 11) is 0. The molecule has 2 atom stereocenters. The van der Waals surface area contributed by atoms with Crippen molar-refractivity contribution in [1.82, 2.24) is 0 Å². The van der Waals surface area contributed by atoms with Crippen molar-refractivity contribution in [2.75, 3.05) is 4.90 Å². The molecule has 20 heavy (non-hydrogen) atoms. The second kappa shape index (κ2) is 5.62. The van der Waals surface area contributed by atoms with Crippen LogP contribution in [0.5, 0.6) is 0 Å². The van der Waals surface area contributed by atoms with Crippen LogP contribution in [0.15, 0.2) is 24.3 Å². The minimum Gasteiger partial charge on any atom is -0.480 e. The lowest BCUT2D eigenvalue weighted by Crippen LogP contribution is -2.32. The van der Waals surface area contributed by atoms with Crippen LogP contribution in [0.25, 0.3) is 0 Å². The van der Waals surface area contributed by atoms with Gasteiger partial charge in [0.05, 0.1) is 10.9 Å². The number of para-hydroxylation sites is 1. The fourth-order valence-corrected chi connectivity index (χ4v) is 2.97. The van der Waals surface area contributed by atoms with Crippen LogP contribution in [-0.2, 0) is 14.4 Å². The van der Waals surface area contributed by atoms with E-state index in [1.807, 2.05) is 0 Å². The molecule has 0 radical (unpaired) electrons. The molecule has 2 amide bonds. The molecular formula is C13H12FNO4S. The Morgan fingerprint density at radius 3 is 2.70 bits per heavy atom. The van der Waals surface area contributed by atoms with Gasteiger partial charge in [0.25, 0.3) is 0 Å². The van der Waals surface area contributed by atoms with Gasteiger partial charge in [0.2, 0.25) is 11.8 Å². The molecule has 2 unspecified atom stereocenters. The molecule has 0 aromatic heterocycles. The number of hydrogen-bond donors (Lipinski definition) is 1. The predicted molar refractivity (Wildman–Crippen MR) is 72.0 cm³/mol. The summed E-state index contributed by atoms with van der Waals surface area (Å²) >= 11 is 0.897. The number of carbonyl (C=O) groups is 3. The molecule has 2 rings (SSSR count). The molecule has 0 saturated carbocycles. The Bertz CT molecular complexity index is 577. The van der Waals surface area contributed by atoms with E-state index in [1.165, 1.54) is 25.1 Å². The van der Waals surface area contributed by atoms with Gasteiger partial charge in [-0.1, -0.05) is 12.1 Å². The van der Waals surface area contributed by atoms with Gasteiger partial charge in [0, 0.05) is 6.42 Å². The smallest absolute Gasteiger partial charge is 0.316 e. The normalized spacial score (nSPS) is 20.3. The highest BCUT2D eigenvalue weighted by Gasteiger charge is 2.42. The lowest BCUT2D eigenvalue weighted by atomic mass is 10.3. The molecular weight excluding hydrogens is 285 g/mol. The first-order chi connectivity index (χ1) is 9.41. The molecule has 7 heteroatoms. The zero-order chi connectivity index (χ0) is 14.9. The summed E-state index contributed by atoms with van der Waals surface area (Å²) < 4.78 is 13.7. The molecule has 1 saturated heterocycles. The molecule has 1 fully saturated rings. The van der Waals surface area contributed by atoms with Gasteiger partial charge in [-0.05, 0) is 19.1 Å². The molecule has 1 heterocycles. The van der Waals surface area contributed by atoms with Crippen LogP contribution in [-0.4, -0.2) is 33.4 Å². The number of hydrogen-bond acceptors (Lipinski definition) is 4. The Morgan fingerprint density at radius 2 is 2.10 bits per heavy atom. The maximum absolute atomic E-state index is 13.7. The van der Waals surface area contributed by atoms with E-state index in [0.29, 0.717) is 0 Å². The number of thioether (sulfide) groups is 1. The standard InChI is InChI=1S/C13H12FNO4S/c1-7(13(18)19)20-10-6-11(16)15(12(10)17)9-5-3-2-4-8(9)14/h2-5,7,10H,6H2,1H3,(H,18,19). The summed E-state index contributed by atoms with van der Waals surface area (Å²) in [5, 5.41) is 7.24. The third kappa shape index (κ3) is 2.67. The first-order valence-electron chi connectivity index (χ1n) is 5.91. The molecule has 1 aromatic rings. The van der Waals surface area contributed by atoms with Gasteiger partial charge in [-0.2, -0.15) is 0 Å². The number of halogens is 1. The zero-order valence-corrected chi connectivity index (χ0v) is 11.4. The minimum atomic E-state index is -1.06. The molecule has 1 aliphatic rings. The number of carboxylic acid groups (broad SMARTS) is 1. The fourth-order valence-electron chi connectivity index (χ4n) is 1.90. The number of carbonyl (C=O) groups excluding carboxylic acids is 2. The van der Waals surface area contributed by atoms with Gasteiger partial charge >= 0.3 is 5.97 Å². The average molecular weight is 297 g/mol. The summed E-state index contributed by atoms with van der Waals surface area (Å²) in [6, 6.07) is 5.50. The van der Waals surface area contributed by atoms with Crippen LogP contribution >= 0.6 is 11.8 Å². The number of benzene rings is 1. The second-order valence-electron chi connectivity index (χ2n) is 4.33. The summed E-state index contributed by atoms with van der Waals surface area (Å²) in [6.07, 6.45) is -0.116. The highest BCUT2D eigenvalue weighted by Crippen LogP contribution is 2.32. The minimum absolute atomic E-state index is 0.0893. The zero-order valence-electron chi connectivity index (χ0n) is 10.6. The number of amides is 2. The Labute approximate surface area is 118 Å². The van der Waals surface area contributed by atoms with Crippen LogP contribution in [0, 0.1) is 5.82 Å². The maximum atomic E-state index is 13.7. The van der Waals surface area contributed by atoms with E-state index in [-0.39, 0.29) is 12.1 Å². The molecule has 5 nitrogen and oxygen atoms in total. The monoisotopic (exact) mass is 297 g/mol. The summed E-state index contributed by atoms with van der Waals surface area (Å²) in [4.78, 5) is 35.6. The summed E-state index contributed by atoms with van der Waals surface area (Å²) in [5.41, 5.74) is -0.0893. The van der Waals surface area contributed by atoms with Gasteiger partial charge in [-0.15, -0.1) is 11.8 Å². The Morgan fingerprint density at radius 1 is 1.45 bits per heavy atom. The van der Waals surface area contributed by atoms with E-state index in [9.17, 15) is 18.8 Å². The fraction of sp³-hybridized carbons (Fsp3) is 0.308. The van der Waals surface area contributed by atoms with Crippen LogP contribution in [0.3, 0.4) is 0 Å². The van der Waals surface area contributed by atoms with Crippen molar-refractivity contribution in [2.45, 2.75) is 23.8 Å². The lowest BCUT2D eigenvalue weighted by molar-refractivity contribution is -0.136. The highest BCUT2D eigenvalue weighted by molar-refractivity contribution is 8.01. The van der Waals surface area contributed by atoms with E-state index in [2.05, 4.69) is 0 Å². The topological polar surface area (TPSA) is 74.7 Å². The van der Waals surface area contributed by atoms with Crippen LogP contribution in [0.2, 0.25) is 0 Å². The Kier molecular flexibility index (Phi) is 4.08. The van der Waals surface area contributed by atoms with Crippen molar-refractivity contribution in [3.8, 4) is 0 Å². The van der Waals surface area contributed by atoms with E-state index < -0.39 is 34.1 Å². The number of nitrogens with zero attached hydrogens (tertiary/aromatic N) is 1. The molecule has 1 aromatic carbocycles. The van der Waals surface area contributed by atoms with Crippen molar-refractivity contribution < 1.29 is 23.9 Å². The number of anilines is 1. The summed E-state index contributed by atoms with van der Waals surface area (Å²) in [5.74, 6) is -2.81. The van der Waals surface area contributed by atoms with E-state index in [1.54, 1.807) is 0 Å². The number of carboxylic acids is 1. The van der Waals surface area contributed by atoms with Gasteiger partial charge in [-0.25, -0.2) is 9.29 Å². The molecule has 0 spiro atoms. The van der Waals surface area contributed by atoms with E-state index in [0.717, 1.165) is 22.7 Å². The average Bonchev–Trinajstić information content (AvgIpc) is 2.65. The van der Waals surface area contributed by atoms with Crippen molar-refractivity contribution >= 4 is 35.2 Å². The van der Waals surface area contributed by atoms with Crippen molar-refractivity contribution in [3.05, 3.63) is 30.1 Å². The van der Waals surface area contributed by atoms with Crippen molar-refractivity contribution in [3.63, 3.8) is 0 Å². The first kappa shape index (κ1) is 14.5. The molecule has 106 valence electrons. The van der Waals surface area contributed by atoms with Crippen LogP contribution in [0.1, 0.15) is 13.3 Å². The van der Waals surface area contributed by atoms with Gasteiger partial charge in [0.15, 0.2) is 0 Å². The third-order valence-electron chi connectivity index (χ3n) is 2.91. The summed E-state index contributed by atoms with van der Waals surface area (Å²) in [6.45, 7) is 1.44. The van der Waals surface area contributed by atoms with Gasteiger partial charge in [-0.3, -0.25) is 14.4 Å². The molecule has 0 aliphatic carbocycles. The largest absolute Gasteiger partial charge is 0.480 e. The second-order valence-corrected chi connectivity index (χ2v) is 5.88. The van der Waals surface area contributed by atoms with Gasteiger partial charge < -0.3 is 5.11 Å². The van der Waals surface area contributed by atoms with Crippen molar-refractivity contribution in [2.24, 2.45) is 0 Å². The number of aliphatic carboxylic acids is 1. The van der Waals surface area contributed by atoms with Crippen molar-refractivity contribution in [1.29, 1.82) is 0 Å². The number of imide groups is 1. The molecule has 1 N–H and O–H groups in total. The number of rotatable bonds is 4. The first-order valence-corrected chi connectivity index (χ1v) is 6.85. The SMILES string of the molecule is CC(SC1CC(=O)N(c2ccccc2F)C1=O)C(=O)O. The highest BCUT2D eigenvalue weighted by atomic mass is 32.2. The van der Waals surface area contributed by atoms with E-state index in [4.69, 9.17) is 5.11 Å². The molecule has 0 bridgehead atoms. The van der Waals surface area contributed by atoms with Crippen LogP contribution < -0.4 is 4.90 Å². The quantitative estimate of drug-likeness (QED) is 0.856.